The largest absolute Gasteiger partial charge is 0.493 e. The molecule has 1 aliphatic rings. The van der Waals surface area contributed by atoms with E-state index in [1.165, 1.54) is 6.42 Å². The molecule has 2 N–H and O–H groups in total. The van der Waals surface area contributed by atoms with E-state index in [-0.39, 0.29) is 24.2 Å². The summed E-state index contributed by atoms with van der Waals surface area (Å²) in [5.41, 5.74) is 0.849. The maximum atomic E-state index is 12.0. The van der Waals surface area contributed by atoms with Crippen LogP contribution in [0.15, 0.2) is 18.2 Å². The Bertz CT molecular complexity index is 583. The van der Waals surface area contributed by atoms with Gasteiger partial charge in [-0.05, 0) is 30.5 Å². The first-order valence-corrected chi connectivity index (χ1v) is 8.89. The highest BCUT2D eigenvalue weighted by atomic mass is 16.5. The Kier molecular flexibility index (Phi) is 7.57. The van der Waals surface area contributed by atoms with Gasteiger partial charge in [-0.25, -0.2) is 0 Å². The van der Waals surface area contributed by atoms with Crippen molar-refractivity contribution in [2.24, 2.45) is 5.92 Å². The lowest BCUT2D eigenvalue weighted by Gasteiger charge is -2.20. The second kappa shape index (κ2) is 9.91. The monoisotopic (exact) mass is 348 g/mol. The second-order valence-electron chi connectivity index (χ2n) is 6.34. The van der Waals surface area contributed by atoms with Crippen molar-refractivity contribution in [2.75, 3.05) is 27.3 Å². The summed E-state index contributed by atoms with van der Waals surface area (Å²) < 4.78 is 10.4. The normalized spacial score (nSPS) is 14.6. The average Bonchev–Trinajstić information content (AvgIpc) is 2.65. The molecular formula is C19H28N2O4. The van der Waals surface area contributed by atoms with E-state index in [1.807, 2.05) is 6.07 Å². The maximum Gasteiger partial charge on any atom is 0.224 e. The zero-order valence-electron chi connectivity index (χ0n) is 15.1. The summed E-state index contributed by atoms with van der Waals surface area (Å²) in [6.45, 7) is 0.900. The highest BCUT2D eigenvalue weighted by molar-refractivity contribution is 5.80. The number of amides is 2. The van der Waals surface area contributed by atoms with Gasteiger partial charge in [0.25, 0.3) is 0 Å². The van der Waals surface area contributed by atoms with Gasteiger partial charge in [0.15, 0.2) is 11.5 Å². The van der Waals surface area contributed by atoms with E-state index in [4.69, 9.17) is 9.47 Å². The predicted octanol–water partition coefficient (Wildman–Crippen LogP) is 2.06. The molecule has 138 valence electrons. The minimum absolute atomic E-state index is 0.0841. The van der Waals surface area contributed by atoms with Crippen LogP contribution in [-0.2, 0) is 16.0 Å². The first kappa shape index (κ1) is 19.1. The molecule has 2 rings (SSSR count). The van der Waals surface area contributed by atoms with Gasteiger partial charge in [0.2, 0.25) is 11.8 Å². The molecule has 0 spiro atoms. The summed E-state index contributed by atoms with van der Waals surface area (Å²) in [6, 6.07) is 5.42. The fourth-order valence-corrected chi connectivity index (χ4v) is 3.14. The SMILES string of the molecule is COc1ccc(CC(=O)NCCNC(=O)C2CCCCC2)cc1OC. The highest BCUT2D eigenvalue weighted by Gasteiger charge is 2.20. The standard InChI is InChI=1S/C19H28N2O4/c1-24-16-9-8-14(12-17(16)25-2)13-18(22)20-10-11-21-19(23)15-6-4-3-5-7-15/h8-9,12,15H,3-7,10-11,13H2,1-2H3,(H,20,22)(H,21,23). The van der Waals surface area contributed by atoms with E-state index < -0.39 is 0 Å². The fourth-order valence-electron chi connectivity index (χ4n) is 3.14. The minimum Gasteiger partial charge on any atom is -0.493 e. The van der Waals surface area contributed by atoms with Crippen LogP contribution in [0, 0.1) is 5.92 Å². The van der Waals surface area contributed by atoms with E-state index in [0.717, 1.165) is 31.2 Å². The molecule has 6 nitrogen and oxygen atoms in total. The molecule has 0 aliphatic heterocycles. The van der Waals surface area contributed by atoms with E-state index in [9.17, 15) is 9.59 Å². The van der Waals surface area contributed by atoms with Crippen molar-refractivity contribution < 1.29 is 19.1 Å². The number of benzene rings is 1. The van der Waals surface area contributed by atoms with Gasteiger partial charge >= 0.3 is 0 Å². The Hall–Kier alpha value is -2.24. The topological polar surface area (TPSA) is 76.7 Å². The summed E-state index contributed by atoms with van der Waals surface area (Å²) in [6.07, 6.45) is 5.74. The zero-order valence-corrected chi connectivity index (χ0v) is 15.1. The molecular weight excluding hydrogens is 320 g/mol. The van der Waals surface area contributed by atoms with Gasteiger partial charge in [0.05, 0.1) is 20.6 Å². The number of carbonyl (C=O) groups excluding carboxylic acids is 2. The van der Waals surface area contributed by atoms with Gasteiger partial charge < -0.3 is 20.1 Å². The number of ether oxygens (including phenoxy) is 2. The zero-order chi connectivity index (χ0) is 18.1. The molecule has 25 heavy (non-hydrogen) atoms. The molecule has 1 fully saturated rings. The minimum atomic E-state index is -0.0841. The summed E-state index contributed by atoms with van der Waals surface area (Å²) in [5, 5.41) is 5.74. The second-order valence-corrected chi connectivity index (χ2v) is 6.34. The Labute approximate surface area is 149 Å². The molecule has 1 aliphatic carbocycles. The highest BCUT2D eigenvalue weighted by Crippen LogP contribution is 2.27. The summed E-state index contributed by atoms with van der Waals surface area (Å²) >= 11 is 0. The smallest absolute Gasteiger partial charge is 0.224 e. The van der Waals surface area contributed by atoms with Crippen LogP contribution in [0.2, 0.25) is 0 Å². The third-order valence-corrected chi connectivity index (χ3v) is 4.53. The first-order valence-electron chi connectivity index (χ1n) is 8.89. The third kappa shape index (κ3) is 5.96. The lowest BCUT2D eigenvalue weighted by atomic mass is 9.89. The van der Waals surface area contributed by atoms with Crippen LogP contribution in [0.4, 0.5) is 0 Å². The molecule has 1 aromatic carbocycles. The van der Waals surface area contributed by atoms with E-state index in [0.29, 0.717) is 24.6 Å². The van der Waals surface area contributed by atoms with Crippen LogP contribution in [0.3, 0.4) is 0 Å². The Morgan fingerprint density at radius 2 is 1.68 bits per heavy atom. The third-order valence-electron chi connectivity index (χ3n) is 4.53. The molecule has 0 bridgehead atoms. The lowest BCUT2D eigenvalue weighted by Crippen LogP contribution is -2.38. The van der Waals surface area contributed by atoms with Crippen LogP contribution in [0.5, 0.6) is 11.5 Å². The van der Waals surface area contributed by atoms with Crippen molar-refractivity contribution in [3.8, 4) is 11.5 Å². The van der Waals surface area contributed by atoms with Crippen molar-refractivity contribution in [1.82, 2.24) is 10.6 Å². The van der Waals surface area contributed by atoms with Gasteiger partial charge in [-0.15, -0.1) is 0 Å². The van der Waals surface area contributed by atoms with Crippen LogP contribution in [0.25, 0.3) is 0 Å². The molecule has 0 unspecified atom stereocenters. The molecule has 1 aromatic rings. The average molecular weight is 348 g/mol. The van der Waals surface area contributed by atoms with Crippen molar-refractivity contribution in [1.29, 1.82) is 0 Å². The Morgan fingerprint density at radius 1 is 1.00 bits per heavy atom. The van der Waals surface area contributed by atoms with Gasteiger partial charge in [-0.3, -0.25) is 9.59 Å². The van der Waals surface area contributed by atoms with Gasteiger partial charge in [-0.1, -0.05) is 25.3 Å². The number of methoxy groups -OCH3 is 2. The number of rotatable bonds is 8. The number of carbonyl (C=O) groups is 2. The van der Waals surface area contributed by atoms with Crippen molar-refractivity contribution in [3.05, 3.63) is 23.8 Å². The van der Waals surface area contributed by atoms with E-state index in [2.05, 4.69) is 10.6 Å². The Morgan fingerprint density at radius 3 is 2.36 bits per heavy atom. The lowest BCUT2D eigenvalue weighted by molar-refractivity contribution is -0.126. The fraction of sp³-hybridized carbons (Fsp3) is 0.579. The van der Waals surface area contributed by atoms with Crippen molar-refractivity contribution >= 4 is 11.8 Å². The van der Waals surface area contributed by atoms with Crippen LogP contribution < -0.4 is 20.1 Å². The van der Waals surface area contributed by atoms with Gasteiger partial charge in [0.1, 0.15) is 0 Å². The summed E-state index contributed by atoms with van der Waals surface area (Å²) in [4.78, 5) is 24.0. The molecule has 0 saturated heterocycles. The first-order chi connectivity index (χ1) is 12.1. The molecule has 0 heterocycles. The summed E-state index contributed by atoms with van der Waals surface area (Å²) in [7, 11) is 3.14. The Balaban J connectivity index is 1.69. The molecule has 2 amide bonds. The van der Waals surface area contributed by atoms with Crippen molar-refractivity contribution in [2.45, 2.75) is 38.5 Å². The number of hydrogen-bond acceptors (Lipinski definition) is 4. The van der Waals surface area contributed by atoms with Crippen LogP contribution in [-0.4, -0.2) is 39.1 Å². The predicted molar refractivity (Wildman–Crippen MR) is 95.8 cm³/mol. The molecule has 0 aromatic heterocycles. The number of hydrogen-bond donors (Lipinski definition) is 2. The molecule has 0 atom stereocenters. The van der Waals surface area contributed by atoms with E-state index in [1.54, 1.807) is 26.4 Å². The number of nitrogens with one attached hydrogen (secondary N) is 2. The molecule has 0 radical (unpaired) electrons. The van der Waals surface area contributed by atoms with Gasteiger partial charge in [-0.2, -0.15) is 0 Å². The van der Waals surface area contributed by atoms with Crippen LogP contribution >= 0.6 is 0 Å². The van der Waals surface area contributed by atoms with Crippen molar-refractivity contribution in [3.63, 3.8) is 0 Å². The quantitative estimate of drug-likeness (QED) is 0.705. The molecule has 1 saturated carbocycles. The van der Waals surface area contributed by atoms with E-state index >= 15 is 0 Å². The van der Waals surface area contributed by atoms with Gasteiger partial charge in [0, 0.05) is 19.0 Å². The molecule has 6 heteroatoms. The maximum absolute atomic E-state index is 12.0. The van der Waals surface area contributed by atoms with Crippen LogP contribution in [0.1, 0.15) is 37.7 Å². The summed E-state index contributed by atoms with van der Waals surface area (Å²) in [5.74, 6) is 1.42.